The number of nitrogens with one attached hydrogen (secondary N) is 3. The summed E-state index contributed by atoms with van der Waals surface area (Å²) in [5.74, 6) is 0.724. The van der Waals surface area contributed by atoms with Crippen molar-refractivity contribution in [3.05, 3.63) is 96.1 Å². The first-order chi connectivity index (χ1) is 22.5. The van der Waals surface area contributed by atoms with E-state index in [1.165, 1.54) is 6.08 Å². The first-order valence-corrected chi connectivity index (χ1v) is 15.0. The first-order valence-electron chi connectivity index (χ1n) is 15.0. The van der Waals surface area contributed by atoms with E-state index >= 15 is 0 Å². The molecule has 0 atom stereocenters. The number of hydrogen-bond acceptors (Lipinski definition) is 9. The number of hydrogen-bond donors (Lipinski definition) is 4. The normalized spacial score (nSPS) is 10.8. The Morgan fingerprint density at radius 3 is 2.11 bits per heavy atom. The summed E-state index contributed by atoms with van der Waals surface area (Å²) in [5, 5.41) is 8.39. The highest BCUT2D eigenvalue weighted by molar-refractivity contribution is 6.05. The number of amides is 3. The second-order valence-corrected chi connectivity index (χ2v) is 9.70. The monoisotopic (exact) mass is 634 g/mol. The first kappa shape index (κ1) is 35.7. The van der Waals surface area contributed by atoms with Crippen molar-refractivity contribution in [2.24, 2.45) is 5.73 Å². The molecule has 0 bridgehead atoms. The largest absolute Gasteiger partial charge is 0.484 e. The van der Waals surface area contributed by atoms with Gasteiger partial charge in [0.15, 0.2) is 12.4 Å². The Morgan fingerprint density at radius 1 is 0.761 bits per heavy atom. The summed E-state index contributed by atoms with van der Waals surface area (Å²) >= 11 is 0. The maximum atomic E-state index is 12.9. The number of para-hydroxylation sites is 2. The zero-order valence-corrected chi connectivity index (χ0v) is 26.0. The molecule has 0 fully saturated rings. The molecule has 0 aromatic heterocycles. The van der Waals surface area contributed by atoms with Gasteiger partial charge in [-0.2, -0.15) is 0 Å². The second-order valence-electron chi connectivity index (χ2n) is 9.70. The molecule has 5 N–H and O–H groups in total. The summed E-state index contributed by atoms with van der Waals surface area (Å²) in [6, 6.07) is 20.9. The maximum absolute atomic E-state index is 12.9. The van der Waals surface area contributed by atoms with Gasteiger partial charge in [-0.15, -0.1) is 0 Å². The lowest BCUT2D eigenvalue weighted by molar-refractivity contribution is -0.123. The maximum Gasteiger partial charge on any atom is 0.258 e. The minimum atomic E-state index is -0.302. The van der Waals surface area contributed by atoms with Crippen molar-refractivity contribution in [3.63, 3.8) is 0 Å². The number of anilines is 1. The molecule has 3 amide bonds. The van der Waals surface area contributed by atoms with E-state index in [1.807, 2.05) is 0 Å². The average Bonchev–Trinajstić information content (AvgIpc) is 3.07. The summed E-state index contributed by atoms with van der Waals surface area (Å²) in [4.78, 5) is 36.6. The van der Waals surface area contributed by atoms with Crippen LogP contribution in [0.4, 0.5) is 5.69 Å². The smallest absolute Gasteiger partial charge is 0.258 e. The Kier molecular flexibility index (Phi) is 16.4. The highest BCUT2D eigenvalue weighted by Crippen LogP contribution is 2.30. The Hall–Kier alpha value is -4.75. The van der Waals surface area contributed by atoms with Crippen LogP contribution in [0, 0.1) is 0 Å². The van der Waals surface area contributed by atoms with Gasteiger partial charge in [0.2, 0.25) is 5.91 Å². The Balaban J connectivity index is 1.37. The molecule has 0 aliphatic carbocycles. The fourth-order valence-corrected chi connectivity index (χ4v) is 3.85. The topological polar surface area (TPSA) is 159 Å². The van der Waals surface area contributed by atoms with E-state index in [0.717, 1.165) is 5.56 Å². The molecule has 246 valence electrons. The summed E-state index contributed by atoms with van der Waals surface area (Å²) in [6.45, 7) is 5.54. The zero-order chi connectivity index (χ0) is 32.8. The number of carbonyl (C=O) groups is 3. The number of carbonyl (C=O) groups excluding carboxylic acids is 3. The van der Waals surface area contributed by atoms with Gasteiger partial charge in [0.1, 0.15) is 11.5 Å². The van der Waals surface area contributed by atoms with Crippen LogP contribution >= 0.6 is 0 Å². The number of benzene rings is 3. The number of allylic oxidation sites excluding steroid dienone is 1. The van der Waals surface area contributed by atoms with Gasteiger partial charge in [-0.25, -0.2) is 0 Å². The quantitative estimate of drug-likeness (QED) is 0.102. The molecule has 0 radical (unpaired) electrons. The molecule has 46 heavy (non-hydrogen) atoms. The van der Waals surface area contributed by atoms with Crippen LogP contribution in [-0.4, -0.2) is 77.1 Å². The van der Waals surface area contributed by atoms with E-state index in [-0.39, 0.29) is 24.3 Å². The molecule has 12 nitrogen and oxygen atoms in total. The SMILES string of the molecule is C/C=C/C(=O)NCc1ccc(C(=O)Nc2ccccc2Oc2ccc(OCC(=O)NCCOCCOCCOCCN)cc2)cc1. The van der Waals surface area contributed by atoms with Gasteiger partial charge in [0, 0.05) is 25.2 Å². The molecule has 3 rings (SSSR count). The second kappa shape index (κ2) is 21.1. The third kappa shape index (κ3) is 13.9. The van der Waals surface area contributed by atoms with E-state index in [0.29, 0.717) is 87.8 Å². The van der Waals surface area contributed by atoms with Crippen LogP contribution in [0.5, 0.6) is 17.2 Å². The minimum absolute atomic E-state index is 0.146. The minimum Gasteiger partial charge on any atom is -0.484 e. The predicted octanol–water partition coefficient (Wildman–Crippen LogP) is 3.43. The summed E-state index contributed by atoms with van der Waals surface area (Å²) in [5.41, 5.74) is 7.16. The predicted molar refractivity (Wildman–Crippen MR) is 174 cm³/mol. The Bertz CT molecular complexity index is 1380. The average molecular weight is 635 g/mol. The third-order valence-electron chi connectivity index (χ3n) is 6.13. The molecule has 0 aliphatic rings. The van der Waals surface area contributed by atoms with E-state index in [1.54, 1.807) is 85.8 Å². The van der Waals surface area contributed by atoms with Crippen molar-refractivity contribution in [2.75, 3.05) is 64.7 Å². The molecule has 0 saturated heterocycles. The Morgan fingerprint density at radius 2 is 1.41 bits per heavy atom. The van der Waals surface area contributed by atoms with Crippen molar-refractivity contribution in [1.82, 2.24) is 10.6 Å². The van der Waals surface area contributed by atoms with E-state index < -0.39 is 0 Å². The van der Waals surface area contributed by atoms with E-state index in [4.69, 9.17) is 29.4 Å². The van der Waals surface area contributed by atoms with Crippen molar-refractivity contribution in [3.8, 4) is 17.2 Å². The van der Waals surface area contributed by atoms with Crippen LogP contribution in [0.15, 0.2) is 84.9 Å². The molecule has 0 heterocycles. The molecular formula is C34H42N4O8. The lowest BCUT2D eigenvalue weighted by Gasteiger charge is -2.13. The number of rotatable bonds is 21. The van der Waals surface area contributed by atoms with Gasteiger partial charge in [0.25, 0.3) is 11.8 Å². The van der Waals surface area contributed by atoms with Gasteiger partial charge in [-0.1, -0.05) is 30.3 Å². The third-order valence-corrected chi connectivity index (χ3v) is 6.13. The molecule has 0 spiro atoms. The molecule has 0 aliphatic heterocycles. The van der Waals surface area contributed by atoms with Crippen molar-refractivity contribution < 1.29 is 38.1 Å². The summed E-state index contributed by atoms with van der Waals surface area (Å²) in [7, 11) is 0. The van der Waals surface area contributed by atoms with Crippen molar-refractivity contribution in [2.45, 2.75) is 13.5 Å². The van der Waals surface area contributed by atoms with Gasteiger partial charge in [-0.05, 0) is 67.1 Å². The van der Waals surface area contributed by atoms with Crippen LogP contribution in [0.25, 0.3) is 0 Å². The van der Waals surface area contributed by atoms with Crippen LogP contribution in [0.1, 0.15) is 22.8 Å². The molecule has 0 saturated carbocycles. The van der Waals surface area contributed by atoms with Crippen LogP contribution in [0.2, 0.25) is 0 Å². The van der Waals surface area contributed by atoms with Crippen molar-refractivity contribution in [1.29, 1.82) is 0 Å². The number of ether oxygens (including phenoxy) is 5. The number of nitrogens with two attached hydrogens (primary N) is 1. The van der Waals surface area contributed by atoms with Crippen molar-refractivity contribution >= 4 is 23.4 Å². The lowest BCUT2D eigenvalue weighted by Crippen LogP contribution is -2.31. The Labute approximate surface area is 269 Å². The van der Waals surface area contributed by atoms with Crippen LogP contribution in [-0.2, 0) is 30.3 Å². The standard InChI is InChI=1S/C34H42N4O8/c1-2-5-32(39)37-24-26-8-10-27(11-9-26)34(41)38-30-6-3-4-7-31(30)46-29-14-12-28(13-15-29)45-25-33(40)36-17-19-43-21-23-44-22-20-42-18-16-35/h2-15H,16-25,35H2,1H3,(H,36,40)(H,37,39)(H,38,41)/b5-2+. The molecule has 3 aromatic carbocycles. The molecular weight excluding hydrogens is 592 g/mol. The lowest BCUT2D eigenvalue weighted by atomic mass is 10.1. The molecule has 3 aromatic rings. The summed E-state index contributed by atoms with van der Waals surface area (Å²) < 4.78 is 27.6. The zero-order valence-electron chi connectivity index (χ0n) is 26.0. The van der Waals surface area contributed by atoms with Gasteiger partial charge >= 0.3 is 0 Å². The molecule has 12 heteroatoms. The van der Waals surface area contributed by atoms with Gasteiger partial charge < -0.3 is 45.4 Å². The highest BCUT2D eigenvalue weighted by atomic mass is 16.5. The van der Waals surface area contributed by atoms with E-state index in [9.17, 15) is 14.4 Å². The fourth-order valence-electron chi connectivity index (χ4n) is 3.85. The van der Waals surface area contributed by atoms with E-state index in [2.05, 4.69) is 16.0 Å². The van der Waals surface area contributed by atoms with Crippen LogP contribution in [0.3, 0.4) is 0 Å². The molecule has 0 unspecified atom stereocenters. The van der Waals surface area contributed by atoms with Crippen LogP contribution < -0.4 is 31.2 Å². The fraction of sp³-hybridized carbons (Fsp3) is 0.324. The highest BCUT2D eigenvalue weighted by Gasteiger charge is 2.11. The van der Waals surface area contributed by atoms with Gasteiger partial charge in [-0.3, -0.25) is 14.4 Å². The summed E-state index contributed by atoms with van der Waals surface area (Å²) in [6.07, 6.45) is 3.12. The van der Waals surface area contributed by atoms with Gasteiger partial charge in [0.05, 0.1) is 45.3 Å².